The molecule has 1 aliphatic carbocycles. The largest absolute Gasteiger partial charge is 0.355 e. The zero-order valence-electron chi connectivity index (χ0n) is 14.2. The lowest BCUT2D eigenvalue weighted by Gasteiger charge is -2.27. The van der Waals surface area contributed by atoms with E-state index in [-0.39, 0.29) is 29.4 Å². The Labute approximate surface area is 138 Å². The molecule has 1 unspecified atom stereocenters. The fourth-order valence-electron chi connectivity index (χ4n) is 3.01. The normalized spacial score (nSPS) is 24.4. The Morgan fingerprint density at radius 1 is 1.22 bits per heavy atom. The minimum Gasteiger partial charge on any atom is -0.355 e. The second kappa shape index (κ2) is 6.76. The van der Waals surface area contributed by atoms with E-state index in [1.165, 1.54) is 4.90 Å². The quantitative estimate of drug-likeness (QED) is 0.496. The van der Waals surface area contributed by atoms with Gasteiger partial charge < -0.3 is 15.1 Å². The van der Waals surface area contributed by atoms with Crippen LogP contribution in [0, 0.1) is 5.41 Å². The lowest BCUT2D eigenvalue weighted by Crippen LogP contribution is -2.48. The summed E-state index contributed by atoms with van der Waals surface area (Å²) in [5, 5.41) is 2.85. The van der Waals surface area contributed by atoms with Crippen LogP contribution in [-0.4, -0.2) is 81.8 Å². The van der Waals surface area contributed by atoms with Crippen molar-refractivity contribution < 1.29 is 18.0 Å². The molecule has 0 spiro atoms. The van der Waals surface area contributed by atoms with Gasteiger partial charge in [-0.1, -0.05) is 0 Å². The number of rotatable bonds is 7. The van der Waals surface area contributed by atoms with Crippen LogP contribution in [0.1, 0.15) is 25.7 Å². The minimum absolute atomic E-state index is 0.00970. The van der Waals surface area contributed by atoms with Crippen LogP contribution in [0.25, 0.3) is 0 Å². The summed E-state index contributed by atoms with van der Waals surface area (Å²) in [7, 11) is 2.52. The van der Waals surface area contributed by atoms with Gasteiger partial charge in [0.1, 0.15) is 5.41 Å². The highest BCUT2D eigenvalue weighted by Gasteiger charge is 2.58. The first kappa shape index (κ1) is 18.2. The van der Waals surface area contributed by atoms with Gasteiger partial charge in [-0.05, 0) is 46.3 Å². The number of carbonyl (C=O) groups is 2. The number of sulfone groups is 1. The van der Waals surface area contributed by atoms with Crippen LogP contribution >= 0.6 is 0 Å². The predicted molar refractivity (Wildman–Crippen MR) is 87.7 cm³/mol. The molecular weight excluding hydrogens is 318 g/mol. The Bertz CT molecular complexity index is 569. The highest BCUT2D eigenvalue weighted by molar-refractivity contribution is 7.91. The summed E-state index contributed by atoms with van der Waals surface area (Å²) in [5.74, 6) is -0.312. The molecule has 0 aromatic rings. The molecule has 1 saturated carbocycles. The average molecular weight is 345 g/mol. The molecule has 0 aromatic heterocycles. The number of amides is 2. The van der Waals surface area contributed by atoms with E-state index in [2.05, 4.69) is 5.32 Å². The number of nitrogens with one attached hydrogen (secondary N) is 1. The van der Waals surface area contributed by atoms with Crippen LogP contribution in [0.15, 0.2) is 0 Å². The van der Waals surface area contributed by atoms with Crippen LogP contribution in [-0.2, 0) is 19.4 Å². The maximum Gasteiger partial charge on any atom is 0.238 e. The van der Waals surface area contributed by atoms with Crippen molar-refractivity contribution in [2.45, 2.75) is 31.7 Å². The van der Waals surface area contributed by atoms with Crippen molar-refractivity contribution >= 4 is 21.7 Å². The number of carbonyl (C=O) groups excluding carboxylic acids is 2. The molecule has 1 saturated heterocycles. The Hall–Kier alpha value is -1.15. The second-order valence-corrected chi connectivity index (χ2v) is 9.20. The van der Waals surface area contributed by atoms with Crippen molar-refractivity contribution in [2.75, 3.05) is 45.7 Å². The highest BCUT2D eigenvalue weighted by Crippen LogP contribution is 2.47. The van der Waals surface area contributed by atoms with E-state index in [4.69, 9.17) is 0 Å². The van der Waals surface area contributed by atoms with E-state index in [0.29, 0.717) is 25.8 Å². The zero-order chi connectivity index (χ0) is 17.3. The number of hydrogen-bond acceptors (Lipinski definition) is 5. The third kappa shape index (κ3) is 4.23. The van der Waals surface area contributed by atoms with E-state index in [1.807, 2.05) is 19.0 Å². The number of nitrogens with zero attached hydrogens (tertiary/aromatic N) is 2. The molecule has 8 heteroatoms. The molecule has 0 aromatic carbocycles. The second-order valence-electron chi connectivity index (χ2n) is 6.97. The minimum atomic E-state index is -3.04. The van der Waals surface area contributed by atoms with Gasteiger partial charge in [-0.2, -0.15) is 0 Å². The molecule has 2 fully saturated rings. The third-order valence-corrected chi connectivity index (χ3v) is 6.49. The van der Waals surface area contributed by atoms with Crippen LogP contribution in [0.2, 0.25) is 0 Å². The van der Waals surface area contributed by atoms with Gasteiger partial charge in [-0.3, -0.25) is 9.59 Å². The lowest BCUT2D eigenvalue weighted by atomic mass is 10.0. The molecule has 2 rings (SSSR count). The summed E-state index contributed by atoms with van der Waals surface area (Å²) < 4.78 is 23.2. The standard InChI is InChI=1S/C15H27N3O4S/c1-17(2)9-4-8-16-13(19)15(6-7-15)14(20)18(3)12-5-10-23(21,22)11-12/h12H,4-11H2,1-3H3,(H,16,19). The van der Waals surface area contributed by atoms with Crippen LogP contribution < -0.4 is 5.32 Å². The van der Waals surface area contributed by atoms with Gasteiger partial charge >= 0.3 is 0 Å². The third-order valence-electron chi connectivity index (χ3n) is 4.74. The van der Waals surface area contributed by atoms with Gasteiger partial charge in [0.05, 0.1) is 11.5 Å². The summed E-state index contributed by atoms with van der Waals surface area (Å²) >= 11 is 0. The van der Waals surface area contributed by atoms with Gasteiger partial charge in [-0.25, -0.2) is 8.42 Å². The van der Waals surface area contributed by atoms with Gasteiger partial charge in [-0.15, -0.1) is 0 Å². The maximum atomic E-state index is 12.7. The first-order chi connectivity index (χ1) is 10.7. The molecule has 1 heterocycles. The Kier molecular flexibility index (Phi) is 5.35. The van der Waals surface area contributed by atoms with Crippen LogP contribution in [0.5, 0.6) is 0 Å². The smallest absolute Gasteiger partial charge is 0.238 e. The van der Waals surface area contributed by atoms with Crippen molar-refractivity contribution in [2.24, 2.45) is 5.41 Å². The average Bonchev–Trinajstić information content (AvgIpc) is 3.20. The SMILES string of the molecule is CN(C)CCCNC(=O)C1(C(=O)N(C)C2CCS(=O)(=O)C2)CC1. The molecule has 23 heavy (non-hydrogen) atoms. The van der Waals surface area contributed by atoms with E-state index >= 15 is 0 Å². The summed E-state index contributed by atoms with van der Waals surface area (Å²) in [6, 6.07) is -0.300. The molecule has 0 bridgehead atoms. The summed E-state index contributed by atoms with van der Waals surface area (Å²) in [4.78, 5) is 28.6. The zero-order valence-corrected chi connectivity index (χ0v) is 15.0. The fourth-order valence-corrected chi connectivity index (χ4v) is 4.79. The van der Waals surface area contributed by atoms with Crippen molar-refractivity contribution in [3.63, 3.8) is 0 Å². The lowest BCUT2D eigenvalue weighted by molar-refractivity contribution is -0.144. The van der Waals surface area contributed by atoms with E-state index in [0.717, 1.165) is 13.0 Å². The van der Waals surface area contributed by atoms with Crippen LogP contribution in [0.3, 0.4) is 0 Å². The monoisotopic (exact) mass is 345 g/mol. The predicted octanol–water partition coefficient (Wildman–Crippen LogP) is -0.520. The molecule has 2 aliphatic rings. The molecule has 1 N–H and O–H groups in total. The Morgan fingerprint density at radius 2 is 1.87 bits per heavy atom. The van der Waals surface area contributed by atoms with E-state index in [1.54, 1.807) is 7.05 Å². The molecule has 1 atom stereocenters. The van der Waals surface area contributed by atoms with Gasteiger partial charge in [0, 0.05) is 19.6 Å². The molecule has 2 amide bonds. The summed E-state index contributed by atoms with van der Waals surface area (Å²) in [6.07, 6.45) is 2.40. The van der Waals surface area contributed by atoms with E-state index < -0.39 is 15.3 Å². The van der Waals surface area contributed by atoms with Crippen molar-refractivity contribution in [3.05, 3.63) is 0 Å². The number of hydrogen-bond donors (Lipinski definition) is 1. The Balaban J connectivity index is 1.89. The van der Waals surface area contributed by atoms with E-state index in [9.17, 15) is 18.0 Å². The van der Waals surface area contributed by atoms with Crippen molar-refractivity contribution in [1.29, 1.82) is 0 Å². The molecule has 132 valence electrons. The van der Waals surface area contributed by atoms with Crippen molar-refractivity contribution in [1.82, 2.24) is 15.1 Å². The summed E-state index contributed by atoms with van der Waals surface area (Å²) in [5.41, 5.74) is -0.959. The van der Waals surface area contributed by atoms with Gasteiger partial charge in [0.25, 0.3) is 0 Å². The van der Waals surface area contributed by atoms with Gasteiger partial charge in [0.15, 0.2) is 9.84 Å². The Morgan fingerprint density at radius 3 is 2.35 bits per heavy atom. The molecule has 1 aliphatic heterocycles. The summed E-state index contributed by atoms with van der Waals surface area (Å²) in [6.45, 7) is 1.43. The highest BCUT2D eigenvalue weighted by atomic mass is 32.2. The first-order valence-corrected chi connectivity index (χ1v) is 9.91. The molecule has 7 nitrogen and oxygen atoms in total. The molecule has 0 radical (unpaired) electrons. The fraction of sp³-hybridized carbons (Fsp3) is 0.867. The maximum absolute atomic E-state index is 12.7. The first-order valence-electron chi connectivity index (χ1n) is 8.09. The van der Waals surface area contributed by atoms with Crippen molar-refractivity contribution in [3.8, 4) is 0 Å². The molecular formula is C15H27N3O4S. The van der Waals surface area contributed by atoms with Gasteiger partial charge in [0.2, 0.25) is 11.8 Å². The topological polar surface area (TPSA) is 86.8 Å². The van der Waals surface area contributed by atoms with Crippen LogP contribution in [0.4, 0.5) is 0 Å².